The van der Waals surface area contributed by atoms with Crippen LogP contribution in [0.1, 0.15) is 36.6 Å². The Labute approximate surface area is 112 Å². The molecule has 1 aliphatic heterocycles. The smallest absolute Gasteiger partial charge is 0.229 e. The zero-order valence-corrected chi connectivity index (χ0v) is 11.6. The van der Waals surface area contributed by atoms with Gasteiger partial charge in [-0.2, -0.15) is 0 Å². The fourth-order valence-corrected chi connectivity index (χ4v) is 2.31. The summed E-state index contributed by atoms with van der Waals surface area (Å²) in [7, 11) is 0. The highest BCUT2D eigenvalue weighted by Crippen LogP contribution is 2.23. The monoisotopic (exact) mass is 261 g/mol. The van der Waals surface area contributed by atoms with E-state index in [0.29, 0.717) is 24.2 Å². The van der Waals surface area contributed by atoms with E-state index in [1.165, 1.54) is 4.90 Å². The Bertz CT molecular complexity index is 522. The third kappa shape index (κ3) is 2.59. The van der Waals surface area contributed by atoms with Crippen LogP contribution in [0.2, 0.25) is 0 Å². The number of nitrogens with zero attached hydrogens (tertiary/aromatic N) is 2. The second kappa shape index (κ2) is 4.99. The number of amides is 2. The van der Waals surface area contributed by atoms with E-state index in [0.717, 1.165) is 11.1 Å². The molecule has 1 aromatic heterocycles. The van der Waals surface area contributed by atoms with E-state index in [1.807, 2.05) is 20.8 Å². The minimum Gasteiger partial charge on any atom is -0.398 e. The quantitative estimate of drug-likeness (QED) is 0.820. The van der Waals surface area contributed by atoms with Crippen LogP contribution in [0, 0.1) is 19.8 Å². The van der Waals surface area contributed by atoms with Gasteiger partial charge < -0.3 is 5.73 Å². The number of nitrogen functional groups attached to an aromatic ring is 1. The number of imide groups is 1. The van der Waals surface area contributed by atoms with Crippen molar-refractivity contribution in [1.29, 1.82) is 0 Å². The van der Waals surface area contributed by atoms with Crippen molar-refractivity contribution in [2.24, 2.45) is 5.92 Å². The topological polar surface area (TPSA) is 76.3 Å². The Hall–Kier alpha value is -1.91. The Morgan fingerprint density at radius 1 is 1.32 bits per heavy atom. The Morgan fingerprint density at radius 2 is 1.89 bits per heavy atom. The van der Waals surface area contributed by atoms with Crippen molar-refractivity contribution in [2.75, 3.05) is 5.73 Å². The summed E-state index contributed by atoms with van der Waals surface area (Å²) in [5, 5.41) is 0. The van der Waals surface area contributed by atoms with Crippen LogP contribution in [0.4, 0.5) is 5.69 Å². The molecule has 0 bridgehead atoms. The lowest BCUT2D eigenvalue weighted by atomic mass is 9.97. The van der Waals surface area contributed by atoms with Gasteiger partial charge >= 0.3 is 0 Å². The molecule has 0 atom stereocenters. The molecule has 2 amide bonds. The Balaban J connectivity index is 2.24. The van der Waals surface area contributed by atoms with Crippen molar-refractivity contribution >= 4 is 17.5 Å². The van der Waals surface area contributed by atoms with Gasteiger partial charge in [-0.25, -0.2) is 0 Å². The van der Waals surface area contributed by atoms with Crippen LogP contribution in [0.15, 0.2) is 6.20 Å². The molecule has 2 rings (SSSR count). The number of nitrogens with two attached hydrogens (primary N) is 1. The third-order valence-corrected chi connectivity index (χ3v) is 3.63. The van der Waals surface area contributed by atoms with Gasteiger partial charge in [-0.1, -0.05) is 6.92 Å². The van der Waals surface area contributed by atoms with Crippen LogP contribution in [-0.2, 0) is 16.1 Å². The summed E-state index contributed by atoms with van der Waals surface area (Å²) in [6.07, 6.45) is 2.53. The standard InChI is InChI=1S/C14H19N3O2/c1-8-4-12(18)17(13(19)5-8)7-11-10(3)14(15)9(2)6-16-11/h6,8H,4-5,7H2,1-3H3,(H2,15,16). The molecule has 1 aliphatic rings. The number of anilines is 1. The number of aryl methyl sites for hydroxylation is 1. The lowest BCUT2D eigenvalue weighted by Crippen LogP contribution is -2.42. The van der Waals surface area contributed by atoms with E-state index >= 15 is 0 Å². The van der Waals surface area contributed by atoms with Gasteiger partial charge in [0.05, 0.1) is 12.2 Å². The van der Waals surface area contributed by atoms with Gasteiger partial charge in [-0.15, -0.1) is 0 Å². The molecule has 0 radical (unpaired) electrons. The fraction of sp³-hybridized carbons (Fsp3) is 0.500. The minimum absolute atomic E-state index is 0.121. The molecule has 19 heavy (non-hydrogen) atoms. The highest BCUT2D eigenvalue weighted by Gasteiger charge is 2.30. The molecule has 0 aliphatic carbocycles. The molecule has 0 unspecified atom stereocenters. The molecule has 0 spiro atoms. The molecule has 1 saturated heterocycles. The maximum atomic E-state index is 11.9. The van der Waals surface area contributed by atoms with Crippen LogP contribution >= 0.6 is 0 Å². The number of hydrogen-bond donors (Lipinski definition) is 1. The van der Waals surface area contributed by atoms with Crippen LogP contribution in [0.3, 0.4) is 0 Å². The summed E-state index contributed by atoms with van der Waals surface area (Å²) < 4.78 is 0. The van der Waals surface area contributed by atoms with Crippen LogP contribution in [0.5, 0.6) is 0 Å². The number of likely N-dealkylation sites (tertiary alicyclic amines) is 1. The molecular formula is C14H19N3O2. The number of carbonyl (C=O) groups excluding carboxylic acids is 2. The van der Waals surface area contributed by atoms with Crippen molar-refractivity contribution < 1.29 is 9.59 Å². The second-order valence-electron chi connectivity index (χ2n) is 5.31. The SMILES string of the molecule is Cc1cnc(CN2C(=O)CC(C)CC2=O)c(C)c1N. The number of hydrogen-bond acceptors (Lipinski definition) is 4. The molecule has 1 aromatic rings. The van der Waals surface area contributed by atoms with E-state index in [2.05, 4.69) is 4.98 Å². The first-order chi connectivity index (χ1) is 8.90. The predicted molar refractivity (Wildman–Crippen MR) is 72.1 cm³/mol. The summed E-state index contributed by atoms with van der Waals surface area (Å²) in [5.74, 6) is -0.110. The zero-order valence-electron chi connectivity index (χ0n) is 11.6. The number of pyridine rings is 1. The van der Waals surface area contributed by atoms with E-state index in [4.69, 9.17) is 5.73 Å². The van der Waals surface area contributed by atoms with E-state index in [-0.39, 0.29) is 24.3 Å². The van der Waals surface area contributed by atoms with Crippen molar-refractivity contribution in [3.63, 3.8) is 0 Å². The number of rotatable bonds is 2. The van der Waals surface area contributed by atoms with E-state index in [9.17, 15) is 9.59 Å². The average Bonchev–Trinajstić information content (AvgIpc) is 2.33. The van der Waals surface area contributed by atoms with Gasteiger partial charge in [0.2, 0.25) is 11.8 Å². The second-order valence-corrected chi connectivity index (χ2v) is 5.31. The summed E-state index contributed by atoms with van der Waals surface area (Å²) in [6, 6.07) is 0. The zero-order chi connectivity index (χ0) is 14.2. The van der Waals surface area contributed by atoms with Crippen LogP contribution in [-0.4, -0.2) is 21.7 Å². The summed E-state index contributed by atoms with van der Waals surface area (Å²) in [5.41, 5.74) is 9.08. The fourth-order valence-electron chi connectivity index (χ4n) is 2.31. The lowest BCUT2D eigenvalue weighted by molar-refractivity contribution is -0.150. The van der Waals surface area contributed by atoms with Gasteiger partial charge in [0.1, 0.15) is 0 Å². The minimum atomic E-state index is -0.121. The molecule has 0 aromatic carbocycles. The summed E-state index contributed by atoms with van der Waals surface area (Å²) in [6.45, 7) is 5.89. The number of piperidine rings is 1. The van der Waals surface area contributed by atoms with Gasteiger partial charge in [-0.05, 0) is 30.9 Å². The first-order valence-corrected chi connectivity index (χ1v) is 6.44. The molecule has 1 fully saturated rings. The van der Waals surface area contributed by atoms with Crippen molar-refractivity contribution in [1.82, 2.24) is 9.88 Å². The average molecular weight is 261 g/mol. The van der Waals surface area contributed by atoms with Gasteiger partial charge in [-0.3, -0.25) is 19.5 Å². The maximum absolute atomic E-state index is 11.9. The van der Waals surface area contributed by atoms with Crippen LogP contribution in [0.25, 0.3) is 0 Å². The van der Waals surface area contributed by atoms with E-state index < -0.39 is 0 Å². The molecule has 5 heteroatoms. The Morgan fingerprint density at radius 3 is 2.47 bits per heavy atom. The van der Waals surface area contributed by atoms with Gasteiger partial charge in [0, 0.05) is 24.7 Å². The first-order valence-electron chi connectivity index (χ1n) is 6.44. The molecular weight excluding hydrogens is 242 g/mol. The number of carbonyl (C=O) groups is 2. The predicted octanol–water partition coefficient (Wildman–Crippen LogP) is 1.57. The van der Waals surface area contributed by atoms with E-state index in [1.54, 1.807) is 6.20 Å². The highest BCUT2D eigenvalue weighted by atomic mass is 16.2. The molecule has 102 valence electrons. The van der Waals surface area contributed by atoms with Crippen molar-refractivity contribution in [3.8, 4) is 0 Å². The molecule has 5 nitrogen and oxygen atoms in total. The lowest BCUT2D eigenvalue weighted by Gasteiger charge is -2.28. The number of aromatic nitrogens is 1. The first kappa shape index (κ1) is 13.5. The van der Waals surface area contributed by atoms with Gasteiger partial charge in [0.15, 0.2) is 0 Å². The maximum Gasteiger partial charge on any atom is 0.229 e. The molecule has 2 N–H and O–H groups in total. The normalized spacial score (nSPS) is 17.1. The van der Waals surface area contributed by atoms with Crippen molar-refractivity contribution in [2.45, 2.75) is 40.2 Å². The Kier molecular flexibility index (Phi) is 3.55. The van der Waals surface area contributed by atoms with Gasteiger partial charge in [0.25, 0.3) is 0 Å². The molecule has 0 saturated carbocycles. The van der Waals surface area contributed by atoms with Crippen molar-refractivity contribution in [3.05, 3.63) is 23.0 Å². The largest absolute Gasteiger partial charge is 0.398 e. The third-order valence-electron chi connectivity index (χ3n) is 3.63. The molecule has 2 heterocycles. The summed E-state index contributed by atoms with van der Waals surface area (Å²) >= 11 is 0. The summed E-state index contributed by atoms with van der Waals surface area (Å²) in [4.78, 5) is 29.4. The highest BCUT2D eigenvalue weighted by molar-refractivity contribution is 5.97. The van der Waals surface area contributed by atoms with Crippen LogP contribution < -0.4 is 5.73 Å².